The van der Waals surface area contributed by atoms with Crippen LogP contribution in [0.2, 0.25) is 0 Å². The quantitative estimate of drug-likeness (QED) is 0.796. The van der Waals surface area contributed by atoms with Crippen molar-refractivity contribution < 1.29 is 18.0 Å². The number of hydrogen-bond donors (Lipinski definition) is 0. The average molecular weight is 346 g/mol. The van der Waals surface area contributed by atoms with E-state index in [2.05, 4.69) is 10.1 Å². The van der Waals surface area contributed by atoms with Crippen LogP contribution in [0, 0.1) is 0 Å². The van der Waals surface area contributed by atoms with Crippen LogP contribution < -0.4 is 4.90 Å². The minimum atomic E-state index is -4.44. The van der Waals surface area contributed by atoms with Crippen LogP contribution in [-0.2, 0) is 6.18 Å². The Morgan fingerprint density at radius 1 is 1.26 bits per heavy atom. The van der Waals surface area contributed by atoms with E-state index >= 15 is 0 Å². The van der Waals surface area contributed by atoms with Gasteiger partial charge in [-0.1, -0.05) is 7.43 Å². The van der Waals surface area contributed by atoms with Crippen LogP contribution in [0.5, 0.6) is 0 Å². The molecule has 0 saturated heterocycles. The number of carbonyl (C=O) groups excluding carboxylic acids is 1. The van der Waals surface area contributed by atoms with E-state index in [0.29, 0.717) is 12.2 Å². The SMILES string of the molecule is C.C[C@H]1CN(c2ccc(C(F)(F)F)cn2)C(=O)c2ccnn21.S. The van der Waals surface area contributed by atoms with Gasteiger partial charge in [0.1, 0.15) is 11.5 Å². The molecule has 0 aliphatic carbocycles. The van der Waals surface area contributed by atoms with E-state index < -0.39 is 11.7 Å². The molecule has 0 saturated carbocycles. The second-order valence-electron chi connectivity index (χ2n) is 4.83. The number of fused-ring (bicyclic) bond motifs is 1. The van der Waals surface area contributed by atoms with Crippen LogP contribution in [0.3, 0.4) is 0 Å². The lowest BCUT2D eigenvalue weighted by molar-refractivity contribution is -0.137. The van der Waals surface area contributed by atoms with E-state index in [1.54, 1.807) is 10.7 Å². The first kappa shape index (κ1) is 19.0. The third kappa shape index (κ3) is 3.34. The van der Waals surface area contributed by atoms with Crippen LogP contribution in [-0.4, -0.2) is 27.2 Å². The first-order chi connectivity index (χ1) is 9.88. The van der Waals surface area contributed by atoms with Crippen molar-refractivity contribution in [3.05, 3.63) is 41.9 Å². The second-order valence-corrected chi connectivity index (χ2v) is 4.83. The molecule has 1 aliphatic heterocycles. The third-order valence-corrected chi connectivity index (χ3v) is 3.35. The van der Waals surface area contributed by atoms with Crippen molar-refractivity contribution in [2.45, 2.75) is 26.6 Å². The fourth-order valence-corrected chi connectivity index (χ4v) is 2.31. The zero-order valence-corrected chi connectivity index (χ0v) is 12.5. The molecule has 0 aromatic carbocycles. The monoisotopic (exact) mass is 346 g/mol. The summed E-state index contributed by atoms with van der Waals surface area (Å²) in [4.78, 5) is 17.4. The Morgan fingerprint density at radius 2 is 1.96 bits per heavy atom. The Bertz CT molecular complexity index is 684. The van der Waals surface area contributed by atoms with Gasteiger partial charge in [0.2, 0.25) is 0 Å². The van der Waals surface area contributed by atoms with Crippen molar-refractivity contribution in [2.24, 2.45) is 0 Å². The van der Waals surface area contributed by atoms with E-state index in [1.807, 2.05) is 6.92 Å². The van der Waals surface area contributed by atoms with Gasteiger partial charge in [0.25, 0.3) is 5.91 Å². The van der Waals surface area contributed by atoms with Crippen molar-refractivity contribution in [3.8, 4) is 0 Å². The van der Waals surface area contributed by atoms with Gasteiger partial charge in [-0.05, 0) is 25.1 Å². The first-order valence-corrected chi connectivity index (χ1v) is 6.26. The lowest BCUT2D eigenvalue weighted by Crippen LogP contribution is -2.43. The summed E-state index contributed by atoms with van der Waals surface area (Å²) in [5, 5.41) is 4.06. The van der Waals surface area contributed by atoms with Crippen molar-refractivity contribution in [3.63, 3.8) is 0 Å². The van der Waals surface area contributed by atoms with E-state index in [0.717, 1.165) is 12.3 Å². The van der Waals surface area contributed by atoms with E-state index in [1.165, 1.54) is 17.2 Å². The predicted octanol–water partition coefficient (Wildman–Crippen LogP) is 3.27. The minimum absolute atomic E-state index is 0. The summed E-state index contributed by atoms with van der Waals surface area (Å²) in [6, 6.07) is 3.64. The lowest BCUT2D eigenvalue weighted by Gasteiger charge is -2.31. The number of hydrogen-bond acceptors (Lipinski definition) is 3. The summed E-state index contributed by atoms with van der Waals surface area (Å²) in [5.74, 6) is -0.120. The van der Waals surface area contributed by atoms with E-state index in [4.69, 9.17) is 0 Å². The van der Waals surface area contributed by atoms with Gasteiger partial charge in [-0.3, -0.25) is 14.4 Å². The molecule has 1 amide bonds. The summed E-state index contributed by atoms with van der Waals surface area (Å²) < 4.78 is 39.2. The summed E-state index contributed by atoms with van der Waals surface area (Å²) in [6.45, 7) is 2.19. The van der Waals surface area contributed by atoms with Gasteiger partial charge in [0.05, 0.1) is 11.6 Å². The Hall–Kier alpha value is -2.03. The molecular formula is C14H17F3N4OS. The standard InChI is InChI=1S/C13H11F3N4O.CH4.H2S/c1-8-7-19(12(21)10-4-5-18-20(8)10)11-3-2-9(6-17-11)13(14,15)16;;/h2-6,8H,7H2,1H3;1H4;1H2/t8-;;/m0../s1. The zero-order chi connectivity index (χ0) is 15.2. The van der Waals surface area contributed by atoms with Gasteiger partial charge in [-0.15, -0.1) is 0 Å². The third-order valence-electron chi connectivity index (χ3n) is 3.35. The molecule has 0 radical (unpaired) electrons. The fourth-order valence-electron chi connectivity index (χ4n) is 2.31. The predicted molar refractivity (Wildman–Crippen MR) is 85.0 cm³/mol. The molecule has 3 heterocycles. The number of pyridine rings is 1. The maximum atomic E-state index is 12.5. The number of alkyl halides is 3. The highest BCUT2D eigenvalue weighted by Gasteiger charge is 2.33. The highest BCUT2D eigenvalue weighted by molar-refractivity contribution is 7.59. The summed E-state index contributed by atoms with van der Waals surface area (Å²) in [5.41, 5.74) is -0.441. The van der Waals surface area contributed by atoms with Crippen LogP contribution >= 0.6 is 13.5 Å². The second kappa shape index (κ2) is 6.61. The van der Waals surface area contributed by atoms with Gasteiger partial charge in [0, 0.05) is 18.9 Å². The number of nitrogens with zero attached hydrogens (tertiary/aromatic N) is 4. The Morgan fingerprint density at radius 3 is 2.52 bits per heavy atom. The molecule has 1 aliphatic rings. The molecule has 0 bridgehead atoms. The van der Waals surface area contributed by atoms with Crippen LogP contribution in [0.4, 0.5) is 19.0 Å². The fraction of sp³-hybridized carbons (Fsp3) is 0.357. The topological polar surface area (TPSA) is 51.0 Å². The molecule has 9 heteroatoms. The van der Waals surface area contributed by atoms with Gasteiger partial charge in [-0.2, -0.15) is 31.8 Å². The highest BCUT2D eigenvalue weighted by atomic mass is 32.1. The van der Waals surface area contributed by atoms with Gasteiger partial charge in [0.15, 0.2) is 0 Å². The highest BCUT2D eigenvalue weighted by Crippen LogP contribution is 2.30. The van der Waals surface area contributed by atoms with Crippen molar-refractivity contribution in [1.29, 1.82) is 0 Å². The number of rotatable bonds is 1. The molecule has 5 nitrogen and oxygen atoms in total. The molecule has 0 N–H and O–H groups in total. The largest absolute Gasteiger partial charge is 0.417 e. The van der Waals surface area contributed by atoms with Crippen molar-refractivity contribution in [1.82, 2.24) is 14.8 Å². The summed E-state index contributed by atoms with van der Waals surface area (Å²) in [7, 11) is 0. The van der Waals surface area contributed by atoms with Crippen LogP contribution in [0.25, 0.3) is 0 Å². The zero-order valence-electron chi connectivity index (χ0n) is 11.5. The smallest absolute Gasteiger partial charge is 0.289 e. The molecule has 23 heavy (non-hydrogen) atoms. The summed E-state index contributed by atoms with van der Waals surface area (Å²) >= 11 is 0. The maximum Gasteiger partial charge on any atom is 0.417 e. The van der Waals surface area contributed by atoms with Gasteiger partial charge in [-0.25, -0.2) is 4.98 Å². The number of carbonyl (C=O) groups is 1. The van der Waals surface area contributed by atoms with Crippen molar-refractivity contribution >= 4 is 25.2 Å². The van der Waals surface area contributed by atoms with E-state index in [9.17, 15) is 18.0 Å². The lowest BCUT2D eigenvalue weighted by atomic mass is 10.2. The van der Waals surface area contributed by atoms with Crippen LogP contribution in [0.15, 0.2) is 30.6 Å². The van der Waals surface area contributed by atoms with Gasteiger partial charge < -0.3 is 0 Å². The van der Waals surface area contributed by atoms with Crippen molar-refractivity contribution in [2.75, 3.05) is 11.4 Å². The minimum Gasteiger partial charge on any atom is -0.289 e. The number of halogens is 3. The summed E-state index contributed by atoms with van der Waals surface area (Å²) in [6.07, 6.45) is -2.18. The number of anilines is 1. The molecule has 0 fully saturated rings. The first-order valence-electron chi connectivity index (χ1n) is 6.26. The molecule has 3 rings (SSSR count). The molecule has 1 atom stereocenters. The number of amides is 1. The molecular weight excluding hydrogens is 329 g/mol. The Labute approximate surface area is 138 Å². The van der Waals surface area contributed by atoms with E-state index in [-0.39, 0.29) is 38.7 Å². The average Bonchev–Trinajstić information content (AvgIpc) is 2.92. The van der Waals surface area contributed by atoms with Gasteiger partial charge >= 0.3 is 6.18 Å². The Balaban J connectivity index is 0.00000132. The van der Waals surface area contributed by atoms with Crippen LogP contribution in [0.1, 0.15) is 36.4 Å². The molecule has 126 valence electrons. The molecule has 0 spiro atoms. The molecule has 0 unspecified atom stereocenters. The number of aromatic nitrogens is 3. The normalized spacial score (nSPS) is 17.1. The molecule has 2 aromatic rings. The Kier molecular flexibility index (Phi) is 5.47. The molecule has 2 aromatic heterocycles. The maximum absolute atomic E-state index is 12.5.